The summed E-state index contributed by atoms with van der Waals surface area (Å²) < 4.78 is 5.69. The molecule has 0 atom stereocenters. The van der Waals surface area contributed by atoms with Gasteiger partial charge in [0, 0.05) is 37.0 Å². The second-order valence-corrected chi connectivity index (χ2v) is 7.56. The van der Waals surface area contributed by atoms with Gasteiger partial charge in [0.15, 0.2) is 0 Å². The number of carbonyl (C=O) groups is 1. The maximum absolute atomic E-state index is 11.9. The second kappa shape index (κ2) is 7.26. The Labute approximate surface area is 163 Å². The first-order valence-corrected chi connectivity index (χ1v) is 8.71. The van der Waals surface area contributed by atoms with Crippen LogP contribution < -0.4 is 11.1 Å². The first kappa shape index (κ1) is 19.3. The highest BCUT2D eigenvalue weighted by molar-refractivity contribution is 5.94. The van der Waals surface area contributed by atoms with E-state index in [1.165, 1.54) is 11.1 Å². The third-order valence-electron chi connectivity index (χ3n) is 3.91. The van der Waals surface area contributed by atoms with Crippen molar-refractivity contribution in [2.45, 2.75) is 26.2 Å². The lowest BCUT2D eigenvalue weighted by Gasteiger charge is -2.11. The molecule has 1 aromatic carbocycles. The van der Waals surface area contributed by atoms with E-state index in [-0.39, 0.29) is 23.0 Å². The van der Waals surface area contributed by atoms with Crippen molar-refractivity contribution in [2.75, 3.05) is 25.1 Å². The molecule has 2 heterocycles. The van der Waals surface area contributed by atoms with Gasteiger partial charge in [0.05, 0.1) is 5.56 Å². The third-order valence-corrected chi connectivity index (χ3v) is 3.91. The van der Waals surface area contributed by atoms with E-state index in [0.29, 0.717) is 23.0 Å². The number of carbonyl (C=O) groups excluding carboxylic acids is 1. The first-order valence-electron chi connectivity index (χ1n) is 8.71. The van der Waals surface area contributed by atoms with E-state index in [2.05, 4.69) is 25.5 Å². The Balaban J connectivity index is 1.77. The summed E-state index contributed by atoms with van der Waals surface area (Å²) in [5, 5.41) is 11.1. The number of benzene rings is 1. The summed E-state index contributed by atoms with van der Waals surface area (Å²) in [5.74, 6) is 1.27. The van der Waals surface area contributed by atoms with Gasteiger partial charge in [-0.2, -0.15) is 4.98 Å². The molecule has 0 saturated heterocycles. The van der Waals surface area contributed by atoms with Crippen molar-refractivity contribution < 1.29 is 9.21 Å². The number of amides is 1. The van der Waals surface area contributed by atoms with Gasteiger partial charge < -0.3 is 20.4 Å². The summed E-state index contributed by atoms with van der Waals surface area (Å²) in [6.45, 7) is 5.94. The maximum Gasteiger partial charge on any atom is 0.253 e. The van der Waals surface area contributed by atoms with Gasteiger partial charge in [-0.1, -0.05) is 20.8 Å². The predicted octanol–water partition coefficient (Wildman–Crippen LogP) is 2.85. The van der Waals surface area contributed by atoms with Crippen LogP contribution in [-0.2, 0) is 5.41 Å². The van der Waals surface area contributed by atoms with Crippen LogP contribution in [0.1, 0.15) is 37.0 Å². The van der Waals surface area contributed by atoms with Crippen molar-refractivity contribution in [3.8, 4) is 11.5 Å². The zero-order chi connectivity index (χ0) is 20.5. The average molecular weight is 381 g/mol. The molecule has 0 aliphatic rings. The Morgan fingerprint density at radius 3 is 2.36 bits per heavy atom. The topological polar surface area (TPSA) is 123 Å². The number of nitrogen functional groups attached to an aromatic ring is 1. The molecular weight excluding hydrogens is 358 g/mol. The van der Waals surface area contributed by atoms with E-state index in [4.69, 9.17) is 10.2 Å². The largest absolute Gasteiger partial charge is 0.420 e. The number of hydrogen-bond donors (Lipinski definition) is 2. The summed E-state index contributed by atoms with van der Waals surface area (Å²) in [6, 6.07) is 7.01. The minimum absolute atomic E-state index is 0.0643. The summed E-state index contributed by atoms with van der Waals surface area (Å²) in [5.41, 5.74) is 7.59. The SMILES string of the molecule is CN(C)C(=O)c1ccc(Nc2ncc(-c3nnc(C(C)(C)C)o3)c(N)n2)cc1. The highest BCUT2D eigenvalue weighted by atomic mass is 16.4. The van der Waals surface area contributed by atoms with E-state index >= 15 is 0 Å². The standard InChI is InChI=1S/C19H23N7O2/c1-19(2,3)17-25-24-15(28-17)13-10-21-18(23-14(13)20)22-12-8-6-11(7-9-12)16(27)26(4)5/h6-10H,1-5H3,(H3,20,21,22,23). The zero-order valence-electron chi connectivity index (χ0n) is 16.5. The van der Waals surface area contributed by atoms with E-state index in [1.54, 1.807) is 38.4 Å². The monoisotopic (exact) mass is 381 g/mol. The van der Waals surface area contributed by atoms with Crippen LogP contribution in [0, 0.1) is 0 Å². The van der Waals surface area contributed by atoms with Crippen LogP contribution in [0.2, 0.25) is 0 Å². The van der Waals surface area contributed by atoms with Crippen LogP contribution in [-0.4, -0.2) is 45.1 Å². The van der Waals surface area contributed by atoms with Crippen molar-refractivity contribution in [3.05, 3.63) is 41.9 Å². The van der Waals surface area contributed by atoms with Gasteiger partial charge in [-0.25, -0.2) is 4.98 Å². The van der Waals surface area contributed by atoms with E-state index < -0.39 is 0 Å². The van der Waals surface area contributed by atoms with Crippen molar-refractivity contribution in [2.24, 2.45) is 0 Å². The normalized spacial score (nSPS) is 11.3. The molecule has 9 heteroatoms. The lowest BCUT2D eigenvalue weighted by atomic mass is 9.97. The molecule has 0 saturated carbocycles. The Bertz CT molecular complexity index is 988. The van der Waals surface area contributed by atoms with Gasteiger partial charge in [0.2, 0.25) is 11.8 Å². The fraction of sp³-hybridized carbons (Fsp3) is 0.316. The molecule has 3 N–H and O–H groups in total. The molecule has 2 aromatic heterocycles. The van der Waals surface area contributed by atoms with Crippen molar-refractivity contribution in [3.63, 3.8) is 0 Å². The number of rotatable bonds is 4. The van der Waals surface area contributed by atoms with Crippen LogP contribution in [0.15, 0.2) is 34.9 Å². The number of anilines is 3. The average Bonchev–Trinajstić information content (AvgIpc) is 3.12. The number of hydrogen-bond acceptors (Lipinski definition) is 8. The van der Waals surface area contributed by atoms with Crippen LogP contribution >= 0.6 is 0 Å². The summed E-state index contributed by atoms with van der Waals surface area (Å²) >= 11 is 0. The van der Waals surface area contributed by atoms with Crippen molar-refractivity contribution in [1.29, 1.82) is 0 Å². The lowest BCUT2D eigenvalue weighted by molar-refractivity contribution is 0.0827. The highest BCUT2D eigenvalue weighted by Gasteiger charge is 2.23. The predicted molar refractivity (Wildman–Crippen MR) is 106 cm³/mol. The third kappa shape index (κ3) is 4.08. The molecule has 0 spiro atoms. The molecule has 0 aliphatic heterocycles. The van der Waals surface area contributed by atoms with Crippen LogP contribution in [0.25, 0.3) is 11.5 Å². The van der Waals surface area contributed by atoms with Gasteiger partial charge in [0.25, 0.3) is 11.8 Å². The molecule has 0 bridgehead atoms. The number of aromatic nitrogens is 4. The molecular formula is C19H23N7O2. The number of nitrogens with one attached hydrogen (secondary N) is 1. The number of nitrogens with zero attached hydrogens (tertiary/aromatic N) is 5. The Morgan fingerprint density at radius 1 is 1.14 bits per heavy atom. The van der Waals surface area contributed by atoms with Gasteiger partial charge >= 0.3 is 0 Å². The minimum atomic E-state index is -0.261. The van der Waals surface area contributed by atoms with Crippen molar-refractivity contribution >= 4 is 23.4 Å². The molecule has 0 aliphatic carbocycles. The molecule has 0 radical (unpaired) electrons. The molecule has 3 rings (SSSR count). The lowest BCUT2D eigenvalue weighted by Crippen LogP contribution is -2.21. The smallest absolute Gasteiger partial charge is 0.253 e. The molecule has 28 heavy (non-hydrogen) atoms. The summed E-state index contributed by atoms with van der Waals surface area (Å²) in [4.78, 5) is 22.0. The zero-order valence-corrected chi connectivity index (χ0v) is 16.5. The van der Waals surface area contributed by atoms with Gasteiger partial charge in [-0.3, -0.25) is 4.79 Å². The Kier molecular flexibility index (Phi) is 5.00. The van der Waals surface area contributed by atoms with Crippen LogP contribution in [0.3, 0.4) is 0 Å². The summed E-state index contributed by atoms with van der Waals surface area (Å²) in [6.07, 6.45) is 1.54. The molecule has 0 unspecified atom stereocenters. The van der Waals surface area contributed by atoms with Gasteiger partial charge in [-0.05, 0) is 24.3 Å². The van der Waals surface area contributed by atoms with E-state index in [0.717, 1.165) is 5.69 Å². The minimum Gasteiger partial charge on any atom is -0.420 e. The molecule has 0 fully saturated rings. The van der Waals surface area contributed by atoms with E-state index in [9.17, 15) is 4.79 Å². The van der Waals surface area contributed by atoms with Crippen LogP contribution in [0.5, 0.6) is 0 Å². The number of nitrogens with two attached hydrogens (primary N) is 1. The fourth-order valence-corrected chi connectivity index (χ4v) is 2.34. The first-order chi connectivity index (χ1) is 13.1. The maximum atomic E-state index is 11.9. The quantitative estimate of drug-likeness (QED) is 0.707. The molecule has 3 aromatic rings. The fourth-order valence-electron chi connectivity index (χ4n) is 2.34. The van der Waals surface area contributed by atoms with Crippen LogP contribution in [0.4, 0.5) is 17.5 Å². The molecule has 146 valence electrons. The molecule has 1 amide bonds. The van der Waals surface area contributed by atoms with Gasteiger partial charge in [-0.15, -0.1) is 10.2 Å². The van der Waals surface area contributed by atoms with E-state index in [1.807, 2.05) is 20.8 Å². The van der Waals surface area contributed by atoms with Gasteiger partial charge in [0.1, 0.15) is 5.82 Å². The second-order valence-electron chi connectivity index (χ2n) is 7.56. The molecule has 9 nitrogen and oxygen atoms in total. The Morgan fingerprint density at radius 2 is 1.82 bits per heavy atom. The highest BCUT2D eigenvalue weighted by Crippen LogP contribution is 2.28. The Hall–Kier alpha value is -3.49. The van der Waals surface area contributed by atoms with Crippen molar-refractivity contribution in [1.82, 2.24) is 25.1 Å². The summed E-state index contributed by atoms with van der Waals surface area (Å²) in [7, 11) is 3.42.